The van der Waals surface area contributed by atoms with Gasteiger partial charge < -0.3 is 14.5 Å². The van der Waals surface area contributed by atoms with Gasteiger partial charge in [-0.2, -0.15) is 0 Å². The Morgan fingerprint density at radius 1 is 1.12 bits per heavy atom. The molecule has 0 unspecified atom stereocenters. The second-order valence-electron chi connectivity index (χ2n) is 6.00. The molecule has 24 heavy (non-hydrogen) atoms. The Balaban J connectivity index is 2.00. The third-order valence-corrected chi connectivity index (χ3v) is 3.60. The standard InChI is InChI=1S/C19H25N3O2/c1-16(23)22(15-18-8-4-5-10-20-18)14-17-7-6-9-19(13-17)24-12-11-21(2)3/h4-10,13H,11-12,14-15H2,1-3H3. The minimum atomic E-state index is 0.0274. The highest BCUT2D eigenvalue weighted by Crippen LogP contribution is 2.16. The summed E-state index contributed by atoms with van der Waals surface area (Å²) in [5.41, 5.74) is 1.93. The zero-order chi connectivity index (χ0) is 17.4. The van der Waals surface area contributed by atoms with Gasteiger partial charge in [-0.15, -0.1) is 0 Å². The molecule has 0 saturated carbocycles. The van der Waals surface area contributed by atoms with Crippen molar-refractivity contribution in [3.8, 4) is 5.75 Å². The number of ether oxygens (including phenoxy) is 1. The number of amides is 1. The van der Waals surface area contributed by atoms with Crippen LogP contribution in [0.25, 0.3) is 0 Å². The molecular weight excluding hydrogens is 302 g/mol. The van der Waals surface area contributed by atoms with Gasteiger partial charge in [0, 0.05) is 26.2 Å². The molecule has 0 fully saturated rings. The number of pyridine rings is 1. The first-order valence-corrected chi connectivity index (χ1v) is 8.06. The summed E-state index contributed by atoms with van der Waals surface area (Å²) < 4.78 is 5.76. The third-order valence-electron chi connectivity index (χ3n) is 3.60. The molecule has 1 aromatic carbocycles. The number of aromatic nitrogens is 1. The molecule has 2 rings (SSSR count). The van der Waals surface area contributed by atoms with Gasteiger partial charge >= 0.3 is 0 Å². The zero-order valence-electron chi connectivity index (χ0n) is 14.6. The highest BCUT2D eigenvalue weighted by Gasteiger charge is 2.11. The van der Waals surface area contributed by atoms with Gasteiger partial charge in [0.15, 0.2) is 0 Å². The van der Waals surface area contributed by atoms with Crippen LogP contribution in [0, 0.1) is 0 Å². The Bertz CT molecular complexity index is 644. The van der Waals surface area contributed by atoms with E-state index in [2.05, 4.69) is 9.88 Å². The molecule has 5 nitrogen and oxygen atoms in total. The monoisotopic (exact) mass is 327 g/mol. The molecule has 128 valence electrons. The summed E-state index contributed by atoms with van der Waals surface area (Å²) in [6.45, 7) is 4.13. The van der Waals surface area contributed by atoms with Crippen molar-refractivity contribution in [2.75, 3.05) is 27.2 Å². The molecule has 1 amide bonds. The lowest BCUT2D eigenvalue weighted by Gasteiger charge is -2.21. The summed E-state index contributed by atoms with van der Waals surface area (Å²) in [5.74, 6) is 0.857. The number of rotatable bonds is 8. The van der Waals surface area contributed by atoms with Crippen molar-refractivity contribution in [2.45, 2.75) is 20.0 Å². The Morgan fingerprint density at radius 2 is 1.96 bits per heavy atom. The molecule has 0 radical (unpaired) electrons. The number of nitrogens with zero attached hydrogens (tertiary/aromatic N) is 3. The van der Waals surface area contributed by atoms with E-state index in [9.17, 15) is 4.79 Å². The smallest absolute Gasteiger partial charge is 0.220 e. The van der Waals surface area contributed by atoms with E-state index in [1.807, 2.05) is 56.6 Å². The van der Waals surface area contributed by atoms with E-state index >= 15 is 0 Å². The van der Waals surface area contributed by atoms with Crippen molar-refractivity contribution in [1.29, 1.82) is 0 Å². The van der Waals surface area contributed by atoms with Crippen LogP contribution in [0.15, 0.2) is 48.7 Å². The number of hydrogen-bond donors (Lipinski definition) is 0. The lowest BCUT2D eigenvalue weighted by molar-refractivity contribution is -0.130. The zero-order valence-corrected chi connectivity index (χ0v) is 14.6. The summed E-state index contributed by atoms with van der Waals surface area (Å²) in [6.07, 6.45) is 1.74. The quantitative estimate of drug-likeness (QED) is 0.747. The molecule has 1 aromatic heterocycles. The maximum atomic E-state index is 11.9. The minimum absolute atomic E-state index is 0.0274. The lowest BCUT2D eigenvalue weighted by atomic mass is 10.2. The molecule has 0 spiro atoms. The van der Waals surface area contributed by atoms with Gasteiger partial charge in [0.1, 0.15) is 12.4 Å². The van der Waals surface area contributed by atoms with Crippen LogP contribution in [0.1, 0.15) is 18.2 Å². The summed E-state index contributed by atoms with van der Waals surface area (Å²) in [7, 11) is 4.03. The van der Waals surface area contributed by atoms with Crippen molar-refractivity contribution in [3.63, 3.8) is 0 Å². The third kappa shape index (κ3) is 6.01. The van der Waals surface area contributed by atoms with Gasteiger partial charge in [0.2, 0.25) is 5.91 Å². The lowest BCUT2D eigenvalue weighted by Crippen LogP contribution is -2.28. The van der Waals surface area contributed by atoms with Crippen molar-refractivity contribution in [3.05, 3.63) is 59.9 Å². The molecule has 0 N–H and O–H groups in total. The fraction of sp³-hybridized carbons (Fsp3) is 0.368. The molecule has 0 bridgehead atoms. The van der Waals surface area contributed by atoms with Crippen LogP contribution in [0.3, 0.4) is 0 Å². The molecular formula is C19H25N3O2. The molecule has 0 aliphatic heterocycles. The maximum absolute atomic E-state index is 11.9. The Kier molecular flexibility index (Phi) is 6.75. The second-order valence-corrected chi connectivity index (χ2v) is 6.00. The molecule has 1 heterocycles. The van der Waals surface area contributed by atoms with Crippen molar-refractivity contribution < 1.29 is 9.53 Å². The van der Waals surface area contributed by atoms with Crippen molar-refractivity contribution in [1.82, 2.24) is 14.8 Å². The van der Waals surface area contributed by atoms with Crippen LogP contribution < -0.4 is 4.74 Å². The predicted molar refractivity (Wildman–Crippen MR) is 94.7 cm³/mol. The number of carbonyl (C=O) groups is 1. The highest BCUT2D eigenvalue weighted by atomic mass is 16.5. The fourth-order valence-corrected chi connectivity index (χ4v) is 2.27. The van der Waals surface area contributed by atoms with Crippen LogP contribution >= 0.6 is 0 Å². The molecule has 0 atom stereocenters. The highest BCUT2D eigenvalue weighted by molar-refractivity contribution is 5.73. The topological polar surface area (TPSA) is 45.7 Å². The Labute approximate surface area is 143 Å². The molecule has 5 heteroatoms. The van der Waals surface area contributed by atoms with Gasteiger partial charge in [-0.3, -0.25) is 9.78 Å². The van der Waals surface area contributed by atoms with E-state index in [0.717, 1.165) is 23.6 Å². The summed E-state index contributed by atoms with van der Waals surface area (Å²) in [4.78, 5) is 20.1. The predicted octanol–water partition coefficient (Wildman–Crippen LogP) is 2.57. The summed E-state index contributed by atoms with van der Waals surface area (Å²) >= 11 is 0. The number of benzene rings is 1. The largest absolute Gasteiger partial charge is 0.492 e. The number of carbonyl (C=O) groups excluding carboxylic acids is 1. The average Bonchev–Trinajstić information content (AvgIpc) is 2.55. The first-order chi connectivity index (χ1) is 11.5. The molecule has 0 aliphatic carbocycles. The van der Waals surface area contributed by atoms with E-state index in [1.165, 1.54) is 0 Å². The minimum Gasteiger partial charge on any atom is -0.492 e. The van der Waals surface area contributed by atoms with Gasteiger partial charge in [-0.1, -0.05) is 18.2 Å². The second kappa shape index (κ2) is 9.03. The van der Waals surface area contributed by atoms with E-state index in [4.69, 9.17) is 4.74 Å². The number of likely N-dealkylation sites (N-methyl/N-ethyl adjacent to an activating group) is 1. The van der Waals surface area contributed by atoms with Crippen LogP contribution in [-0.2, 0) is 17.9 Å². The van der Waals surface area contributed by atoms with E-state index in [0.29, 0.717) is 19.7 Å². The van der Waals surface area contributed by atoms with Gasteiger partial charge in [-0.25, -0.2) is 0 Å². The molecule has 0 saturated heterocycles. The van der Waals surface area contributed by atoms with E-state index in [1.54, 1.807) is 18.0 Å². The molecule has 0 aliphatic rings. The van der Waals surface area contributed by atoms with Gasteiger partial charge in [-0.05, 0) is 43.9 Å². The Morgan fingerprint density at radius 3 is 2.62 bits per heavy atom. The fourth-order valence-electron chi connectivity index (χ4n) is 2.27. The van der Waals surface area contributed by atoms with Crippen molar-refractivity contribution >= 4 is 5.91 Å². The number of hydrogen-bond acceptors (Lipinski definition) is 4. The van der Waals surface area contributed by atoms with Crippen LogP contribution in [0.5, 0.6) is 5.75 Å². The Hall–Kier alpha value is -2.40. The van der Waals surface area contributed by atoms with Crippen LogP contribution in [0.4, 0.5) is 0 Å². The van der Waals surface area contributed by atoms with E-state index in [-0.39, 0.29) is 5.91 Å². The summed E-state index contributed by atoms with van der Waals surface area (Å²) in [5, 5.41) is 0. The first-order valence-electron chi connectivity index (χ1n) is 8.06. The van der Waals surface area contributed by atoms with E-state index < -0.39 is 0 Å². The van der Waals surface area contributed by atoms with Crippen molar-refractivity contribution in [2.24, 2.45) is 0 Å². The van der Waals surface area contributed by atoms with Gasteiger partial charge in [0.05, 0.1) is 12.2 Å². The summed E-state index contributed by atoms with van der Waals surface area (Å²) in [6, 6.07) is 13.6. The SMILES string of the molecule is CC(=O)N(Cc1cccc(OCCN(C)C)c1)Cc1ccccn1. The first kappa shape index (κ1) is 17.9. The normalized spacial score (nSPS) is 10.7. The van der Waals surface area contributed by atoms with Crippen LogP contribution in [0.2, 0.25) is 0 Å². The van der Waals surface area contributed by atoms with Gasteiger partial charge in [0.25, 0.3) is 0 Å². The molecule has 2 aromatic rings. The van der Waals surface area contributed by atoms with Crippen LogP contribution in [-0.4, -0.2) is 47.9 Å². The average molecular weight is 327 g/mol. The maximum Gasteiger partial charge on any atom is 0.220 e.